The fourth-order valence-electron chi connectivity index (χ4n) is 2.12. The molecule has 130 valence electrons. The number of aromatic nitrogens is 3. The Morgan fingerprint density at radius 1 is 1.12 bits per heavy atom. The Hall–Kier alpha value is -2.72. The number of rotatable bonds is 6. The predicted octanol–water partition coefficient (Wildman–Crippen LogP) is 1.88. The highest BCUT2D eigenvalue weighted by Crippen LogP contribution is 2.21. The summed E-state index contributed by atoms with van der Waals surface area (Å²) >= 11 is 0.952. The molecule has 0 saturated heterocycles. The molecule has 8 nitrogen and oxygen atoms in total. The first-order valence-electron chi connectivity index (χ1n) is 7.22. The molecule has 0 aliphatic heterocycles. The van der Waals surface area contributed by atoms with Gasteiger partial charge in [0.25, 0.3) is 0 Å². The minimum absolute atomic E-state index is 0.105. The average Bonchev–Trinajstić information content (AvgIpc) is 3.18. The molecule has 1 aromatic carbocycles. The van der Waals surface area contributed by atoms with Gasteiger partial charge in [-0.25, -0.2) is 8.42 Å². The van der Waals surface area contributed by atoms with Gasteiger partial charge in [0.1, 0.15) is 0 Å². The molecule has 2 N–H and O–H groups in total. The second-order valence-corrected chi connectivity index (χ2v) is 7.99. The van der Waals surface area contributed by atoms with Crippen molar-refractivity contribution in [2.75, 3.05) is 16.3 Å². The highest BCUT2D eigenvalue weighted by molar-refractivity contribution is 7.92. The highest BCUT2D eigenvalue weighted by Gasteiger charge is 2.11. The molecule has 0 atom stereocenters. The molecule has 0 bridgehead atoms. The first kappa shape index (κ1) is 17.1. The van der Waals surface area contributed by atoms with Gasteiger partial charge in [-0.05, 0) is 29.8 Å². The van der Waals surface area contributed by atoms with Crippen molar-refractivity contribution in [2.45, 2.75) is 6.42 Å². The van der Waals surface area contributed by atoms with Crippen molar-refractivity contribution in [2.24, 2.45) is 0 Å². The fraction of sp³-hybridized carbons (Fsp3) is 0.133. The second kappa shape index (κ2) is 7.03. The van der Waals surface area contributed by atoms with E-state index in [1.165, 1.54) is 0 Å². The van der Waals surface area contributed by atoms with Gasteiger partial charge in [0.2, 0.25) is 26.2 Å². The monoisotopic (exact) mass is 377 g/mol. The summed E-state index contributed by atoms with van der Waals surface area (Å²) in [6.45, 7) is 0. The van der Waals surface area contributed by atoms with Crippen molar-refractivity contribution in [3.63, 3.8) is 0 Å². The van der Waals surface area contributed by atoms with Crippen molar-refractivity contribution in [3.8, 4) is 5.69 Å². The lowest BCUT2D eigenvalue weighted by atomic mass is 10.1. The number of amides is 1. The van der Waals surface area contributed by atoms with Gasteiger partial charge in [-0.3, -0.25) is 9.52 Å². The number of carbonyl (C=O) groups excluding carboxylic acids is 1. The lowest BCUT2D eigenvalue weighted by molar-refractivity contribution is -0.115. The fourth-order valence-corrected chi connectivity index (χ4v) is 3.61. The molecule has 0 spiro atoms. The molecule has 0 saturated carbocycles. The van der Waals surface area contributed by atoms with E-state index in [0.29, 0.717) is 0 Å². The molecular formula is C15H15N5O3S2. The Bertz CT molecular complexity index is 963. The zero-order chi connectivity index (χ0) is 17.9. The lowest BCUT2D eigenvalue weighted by Gasteiger charge is -2.05. The Morgan fingerprint density at radius 2 is 1.76 bits per heavy atom. The van der Waals surface area contributed by atoms with E-state index in [-0.39, 0.29) is 22.6 Å². The van der Waals surface area contributed by atoms with Gasteiger partial charge in [0.05, 0.1) is 12.7 Å². The topological polar surface area (TPSA) is 106 Å². The standard InChI is InChI=1S/C15H15N5O3S2/c1-25(22,23)19-15-18-17-14(24-15)16-13(21)10-11-4-6-12(7-5-11)20-8-2-3-9-20/h2-9H,10H2,1H3,(H,18,19)(H,16,17,21). The Labute approximate surface area is 148 Å². The summed E-state index contributed by atoms with van der Waals surface area (Å²) in [6.07, 6.45) is 5.09. The van der Waals surface area contributed by atoms with E-state index >= 15 is 0 Å². The molecule has 10 heteroatoms. The highest BCUT2D eigenvalue weighted by atomic mass is 32.2. The molecule has 2 aromatic heterocycles. The van der Waals surface area contributed by atoms with Crippen LogP contribution >= 0.6 is 11.3 Å². The minimum Gasteiger partial charge on any atom is -0.324 e. The first-order valence-corrected chi connectivity index (χ1v) is 9.93. The predicted molar refractivity (Wildman–Crippen MR) is 96.5 cm³/mol. The number of nitrogens with zero attached hydrogens (tertiary/aromatic N) is 3. The molecule has 0 aliphatic carbocycles. The van der Waals surface area contributed by atoms with E-state index in [1.54, 1.807) is 0 Å². The maximum Gasteiger partial charge on any atom is 0.231 e. The van der Waals surface area contributed by atoms with Crippen LogP contribution in [0.3, 0.4) is 0 Å². The molecule has 2 heterocycles. The van der Waals surface area contributed by atoms with Crippen LogP contribution in [-0.4, -0.2) is 35.3 Å². The van der Waals surface area contributed by atoms with Crippen LogP contribution in [-0.2, 0) is 21.2 Å². The van der Waals surface area contributed by atoms with E-state index in [0.717, 1.165) is 28.8 Å². The van der Waals surface area contributed by atoms with Crippen LogP contribution in [0.25, 0.3) is 5.69 Å². The summed E-state index contributed by atoms with van der Waals surface area (Å²) in [5, 5.41) is 10.3. The van der Waals surface area contributed by atoms with Crippen molar-refractivity contribution >= 4 is 37.5 Å². The molecule has 0 unspecified atom stereocenters. The second-order valence-electron chi connectivity index (χ2n) is 5.27. The van der Waals surface area contributed by atoms with Crippen molar-refractivity contribution in [3.05, 3.63) is 54.4 Å². The smallest absolute Gasteiger partial charge is 0.231 e. The van der Waals surface area contributed by atoms with Gasteiger partial charge < -0.3 is 9.88 Å². The summed E-state index contributed by atoms with van der Waals surface area (Å²) in [5.41, 5.74) is 1.86. The van der Waals surface area contributed by atoms with E-state index in [1.807, 2.05) is 53.4 Å². The summed E-state index contributed by atoms with van der Waals surface area (Å²) in [5.74, 6) is -0.254. The SMILES string of the molecule is CS(=O)(=O)Nc1nnc(NC(=O)Cc2ccc(-n3cccc3)cc2)s1. The van der Waals surface area contributed by atoms with E-state index < -0.39 is 10.0 Å². The van der Waals surface area contributed by atoms with E-state index in [4.69, 9.17) is 0 Å². The summed E-state index contributed by atoms with van der Waals surface area (Å²) in [4.78, 5) is 12.1. The zero-order valence-corrected chi connectivity index (χ0v) is 14.8. The minimum atomic E-state index is -3.42. The Balaban J connectivity index is 1.59. The molecule has 3 rings (SSSR count). The van der Waals surface area contributed by atoms with Crippen LogP contribution in [0.4, 0.5) is 10.3 Å². The molecule has 0 fully saturated rings. The van der Waals surface area contributed by atoms with Crippen LogP contribution < -0.4 is 10.0 Å². The molecular weight excluding hydrogens is 362 g/mol. The zero-order valence-electron chi connectivity index (χ0n) is 13.2. The van der Waals surface area contributed by atoms with Crippen LogP contribution in [0.2, 0.25) is 0 Å². The van der Waals surface area contributed by atoms with Gasteiger partial charge in [0, 0.05) is 18.1 Å². The van der Waals surface area contributed by atoms with Crippen LogP contribution in [0.1, 0.15) is 5.56 Å². The lowest BCUT2D eigenvalue weighted by Crippen LogP contribution is -2.14. The Kier molecular flexibility index (Phi) is 4.81. The third-order valence-electron chi connectivity index (χ3n) is 3.15. The number of benzene rings is 1. The number of hydrogen-bond donors (Lipinski definition) is 2. The van der Waals surface area contributed by atoms with Gasteiger partial charge >= 0.3 is 0 Å². The van der Waals surface area contributed by atoms with Gasteiger partial charge in [-0.2, -0.15) is 0 Å². The van der Waals surface area contributed by atoms with Crippen LogP contribution in [0.5, 0.6) is 0 Å². The van der Waals surface area contributed by atoms with Crippen molar-refractivity contribution in [1.82, 2.24) is 14.8 Å². The van der Waals surface area contributed by atoms with Crippen LogP contribution in [0, 0.1) is 0 Å². The molecule has 0 aliphatic rings. The maximum absolute atomic E-state index is 12.1. The number of anilines is 2. The number of carbonyl (C=O) groups is 1. The van der Waals surface area contributed by atoms with E-state index in [9.17, 15) is 13.2 Å². The summed E-state index contributed by atoms with van der Waals surface area (Å²) in [6, 6.07) is 11.5. The van der Waals surface area contributed by atoms with Crippen molar-refractivity contribution < 1.29 is 13.2 Å². The van der Waals surface area contributed by atoms with E-state index in [2.05, 4.69) is 20.2 Å². The molecule has 25 heavy (non-hydrogen) atoms. The molecule has 3 aromatic rings. The average molecular weight is 377 g/mol. The number of hydrogen-bond acceptors (Lipinski definition) is 6. The quantitative estimate of drug-likeness (QED) is 0.682. The van der Waals surface area contributed by atoms with Gasteiger partial charge in [-0.1, -0.05) is 23.5 Å². The van der Waals surface area contributed by atoms with Crippen molar-refractivity contribution in [1.29, 1.82) is 0 Å². The van der Waals surface area contributed by atoms with Gasteiger partial charge in [-0.15, -0.1) is 10.2 Å². The third kappa shape index (κ3) is 4.88. The maximum atomic E-state index is 12.1. The summed E-state index contributed by atoms with van der Waals surface area (Å²) < 4.78 is 26.4. The van der Waals surface area contributed by atoms with Gasteiger partial charge in [0.15, 0.2) is 0 Å². The molecule has 0 radical (unpaired) electrons. The summed E-state index contributed by atoms with van der Waals surface area (Å²) in [7, 11) is -3.42. The third-order valence-corrected chi connectivity index (χ3v) is 4.60. The van der Waals surface area contributed by atoms with Crippen LogP contribution in [0.15, 0.2) is 48.8 Å². The Morgan fingerprint density at radius 3 is 2.40 bits per heavy atom. The number of sulfonamides is 1. The first-order chi connectivity index (χ1) is 11.9. The molecule has 1 amide bonds. The number of nitrogens with one attached hydrogen (secondary N) is 2. The largest absolute Gasteiger partial charge is 0.324 e. The normalized spacial score (nSPS) is 11.2.